The number of nitrogens with zero attached hydrogens (tertiary/aromatic N) is 4. The summed E-state index contributed by atoms with van der Waals surface area (Å²) in [4.78, 5) is 32.3. The quantitative estimate of drug-likeness (QED) is 0.737. The fourth-order valence-electron chi connectivity index (χ4n) is 1.08. The Bertz CT molecular complexity index is 532. The van der Waals surface area contributed by atoms with Crippen molar-refractivity contribution in [2.24, 2.45) is 0 Å². The maximum absolute atomic E-state index is 10.6. The second-order valence-corrected chi connectivity index (χ2v) is 2.89. The highest BCUT2D eigenvalue weighted by molar-refractivity contribution is 5.85. The van der Waals surface area contributed by atoms with Gasteiger partial charge in [-0.3, -0.25) is 9.36 Å². The molecule has 0 atom stereocenters. The Balaban J connectivity index is 2.35. The molecule has 1 N–H and O–H groups in total. The van der Waals surface area contributed by atoms with Crippen molar-refractivity contribution in [3.05, 3.63) is 36.3 Å². The molecule has 0 aromatic carbocycles. The number of imidazole rings is 1. The first-order valence-corrected chi connectivity index (χ1v) is 4.25. The Hall–Kier alpha value is -2.57. The maximum atomic E-state index is 10.6. The molecule has 0 spiro atoms. The summed E-state index contributed by atoms with van der Waals surface area (Å²) in [5, 5.41) is 8.67. The van der Waals surface area contributed by atoms with Crippen LogP contribution in [0.3, 0.4) is 0 Å². The van der Waals surface area contributed by atoms with E-state index in [0.29, 0.717) is 12.1 Å². The van der Waals surface area contributed by atoms with Gasteiger partial charge < -0.3 is 5.11 Å². The van der Waals surface area contributed by atoms with Gasteiger partial charge in [0.2, 0.25) is 0 Å². The first-order chi connectivity index (χ1) is 7.70. The van der Waals surface area contributed by atoms with Crippen LogP contribution in [0.2, 0.25) is 0 Å². The predicted octanol–water partition coefficient (Wildman–Crippen LogP) is 0.173. The molecule has 2 aromatic rings. The van der Waals surface area contributed by atoms with Crippen LogP contribution in [0.1, 0.15) is 21.0 Å². The number of hydrogen-bond donors (Lipinski definition) is 1. The third-order valence-electron chi connectivity index (χ3n) is 1.85. The van der Waals surface area contributed by atoms with Gasteiger partial charge in [-0.05, 0) is 0 Å². The van der Waals surface area contributed by atoms with Crippen LogP contribution in [0.15, 0.2) is 24.9 Å². The first kappa shape index (κ1) is 9.97. The first-order valence-electron chi connectivity index (χ1n) is 4.25. The molecular formula is C9H6N4O3. The van der Waals surface area contributed by atoms with E-state index in [2.05, 4.69) is 15.0 Å². The van der Waals surface area contributed by atoms with Crippen molar-refractivity contribution in [1.82, 2.24) is 19.5 Å². The topological polar surface area (TPSA) is 98.0 Å². The van der Waals surface area contributed by atoms with E-state index in [1.807, 2.05) is 0 Å². The molecule has 7 heteroatoms. The van der Waals surface area contributed by atoms with E-state index >= 15 is 0 Å². The van der Waals surface area contributed by atoms with Crippen molar-refractivity contribution >= 4 is 12.3 Å². The number of carbonyl (C=O) groups excluding carboxylic acids is 1. The zero-order valence-corrected chi connectivity index (χ0v) is 7.94. The zero-order chi connectivity index (χ0) is 11.5. The summed E-state index contributed by atoms with van der Waals surface area (Å²) in [6.07, 6.45) is 5.86. The van der Waals surface area contributed by atoms with Crippen LogP contribution >= 0.6 is 0 Å². The highest BCUT2D eigenvalue weighted by Gasteiger charge is 2.08. The van der Waals surface area contributed by atoms with E-state index in [9.17, 15) is 9.59 Å². The van der Waals surface area contributed by atoms with Gasteiger partial charge in [0.15, 0.2) is 17.8 Å². The fourth-order valence-corrected chi connectivity index (χ4v) is 1.08. The van der Waals surface area contributed by atoms with Crippen LogP contribution in [0.25, 0.3) is 5.82 Å². The van der Waals surface area contributed by atoms with Gasteiger partial charge in [-0.1, -0.05) is 0 Å². The molecule has 2 aromatic heterocycles. The molecule has 16 heavy (non-hydrogen) atoms. The highest BCUT2D eigenvalue weighted by Crippen LogP contribution is 2.04. The lowest BCUT2D eigenvalue weighted by atomic mass is 10.5. The predicted molar refractivity (Wildman–Crippen MR) is 51.5 cm³/mol. The molecule has 0 aliphatic rings. The number of aromatic carboxylic acids is 1. The van der Waals surface area contributed by atoms with Gasteiger partial charge >= 0.3 is 5.97 Å². The summed E-state index contributed by atoms with van der Waals surface area (Å²) >= 11 is 0. The van der Waals surface area contributed by atoms with Crippen LogP contribution in [0.4, 0.5) is 0 Å². The van der Waals surface area contributed by atoms with E-state index in [1.54, 1.807) is 0 Å². The molecule has 0 unspecified atom stereocenters. The maximum Gasteiger partial charge on any atom is 0.356 e. The molecule has 0 fully saturated rings. The number of hydrogen-bond acceptors (Lipinski definition) is 5. The number of aromatic nitrogens is 4. The van der Waals surface area contributed by atoms with Crippen molar-refractivity contribution in [2.75, 3.05) is 0 Å². The fraction of sp³-hybridized carbons (Fsp3) is 0. The van der Waals surface area contributed by atoms with Crippen molar-refractivity contribution in [1.29, 1.82) is 0 Å². The van der Waals surface area contributed by atoms with E-state index in [1.165, 1.54) is 29.5 Å². The molecule has 0 radical (unpaired) electrons. The molecule has 0 aliphatic carbocycles. The lowest BCUT2D eigenvalue weighted by molar-refractivity contribution is 0.0691. The third-order valence-corrected chi connectivity index (χ3v) is 1.85. The van der Waals surface area contributed by atoms with Crippen molar-refractivity contribution < 1.29 is 14.7 Å². The Morgan fingerprint density at radius 2 is 2.12 bits per heavy atom. The Kier molecular flexibility index (Phi) is 2.42. The molecule has 0 bridgehead atoms. The summed E-state index contributed by atoms with van der Waals surface area (Å²) in [7, 11) is 0. The van der Waals surface area contributed by atoms with E-state index in [0.717, 1.165) is 0 Å². The minimum Gasteiger partial charge on any atom is -0.476 e. The van der Waals surface area contributed by atoms with Gasteiger partial charge in [-0.25, -0.2) is 19.7 Å². The summed E-state index contributed by atoms with van der Waals surface area (Å²) in [6, 6.07) is 0. The van der Waals surface area contributed by atoms with Crippen LogP contribution in [-0.4, -0.2) is 36.9 Å². The van der Waals surface area contributed by atoms with E-state index in [-0.39, 0.29) is 11.4 Å². The lowest BCUT2D eigenvalue weighted by Gasteiger charge is -1.98. The van der Waals surface area contributed by atoms with Crippen LogP contribution in [-0.2, 0) is 0 Å². The highest BCUT2D eigenvalue weighted by atomic mass is 16.4. The molecular weight excluding hydrogens is 212 g/mol. The summed E-state index contributed by atoms with van der Waals surface area (Å²) < 4.78 is 1.41. The average molecular weight is 218 g/mol. The number of carbonyl (C=O) groups is 2. The van der Waals surface area contributed by atoms with E-state index in [4.69, 9.17) is 5.11 Å². The molecule has 0 aliphatic heterocycles. The second-order valence-electron chi connectivity index (χ2n) is 2.89. The zero-order valence-electron chi connectivity index (χ0n) is 7.94. The number of carboxylic acids is 1. The Morgan fingerprint density at radius 1 is 1.31 bits per heavy atom. The molecule has 7 nitrogen and oxygen atoms in total. The normalized spacial score (nSPS) is 10.0. The molecule has 2 rings (SSSR count). The van der Waals surface area contributed by atoms with Gasteiger partial charge in [0.05, 0.1) is 12.4 Å². The molecule has 2 heterocycles. The van der Waals surface area contributed by atoms with Crippen LogP contribution < -0.4 is 0 Å². The van der Waals surface area contributed by atoms with Crippen molar-refractivity contribution in [3.8, 4) is 5.82 Å². The lowest BCUT2D eigenvalue weighted by Crippen LogP contribution is -1.98. The molecule has 0 saturated heterocycles. The van der Waals surface area contributed by atoms with Gasteiger partial charge in [0.25, 0.3) is 0 Å². The number of aldehydes is 1. The minimum absolute atomic E-state index is 0.0822. The Morgan fingerprint density at radius 3 is 2.62 bits per heavy atom. The van der Waals surface area contributed by atoms with Gasteiger partial charge in [-0.15, -0.1) is 0 Å². The summed E-state index contributed by atoms with van der Waals surface area (Å²) in [5.41, 5.74) is 0.128. The SMILES string of the molecule is O=Cc1cnc(-n2cnc(C(=O)O)c2)cn1. The van der Waals surface area contributed by atoms with Crippen molar-refractivity contribution in [2.45, 2.75) is 0 Å². The van der Waals surface area contributed by atoms with Gasteiger partial charge in [0, 0.05) is 6.20 Å². The van der Waals surface area contributed by atoms with Crippen molar-refractivity contribution in [3.63, 3.8) is 0 Å². The number of rotatable bonds is 3. The number of carboxylic acid groups (broad SMARTS) is 1. The summed E-state index contributed by atoms with van der Waals surface area (Å²) in [6.45, 7) is 0. The second kappa shape index (κ2) is 3.89. The molecule has 0 saturated carbocycles. The minimum atomic E-state index is -1.11. The third kappa shape index (κ3) is 1.78. The summed E-state index contributed by atoms with van der Waals surface area (Å²) in [5.74, 6) is -0.721. The van der Waals surface area contributed by atoms with Gasteiger partial charge in [0.1, 0.15) is 12.0 Å². The average Bonchev–Trinajstić information content (AvgIpc) is 2.78. The van der Waals surface area contributed by atoms with Crippen LogP contribution in [0.5, 0.6) is 0 Å². The largest absolute Gasteiger partial charge is 0.476 e. The smallest absolute Gasteiger partial charge is 0.356 e. The Labute approximate surface area is 89.4 Å². The molecule has 0 amide bonds. The van der Waals surface area contributed by atoms with E-state index < -0.39 is 5.97 Å². The van der Waals surface area contributed by atoms with Crippen LogP contribution in [0, 0.1) is 0 Å². The monoisotopic (exact) mass is 218 g/mol. The standard InChI is InChI=1S/C9H6N4O3/c14-4-6-1-11-8(2-10-6)13-3-7(9(15)16)12-5-13/h1-5H,(H,15,16). The van der Waals surface area contributed by atoms with Gasteiger partial charge in [-0.2, -0.15) is 0 Å². The molecule has 80 valence electrons.